The van der Waals surface area contributed by atoms with E-state index in [1.165, 1.54) is 19.2 Å². The first-order valence-electron chi connectivity index (χ1n) is 10.8. The van der Waals surface area contributed by atoms with Gasteiger partial charge in [-0.15, -0.1) is 0 Å². The summed E-state index contributed by atoms with van der Waals surface area (Å²) in [5, 5.41) is 3.19. The van der Waals surface area contributed by atoms with Crippen LogP contribution < -0.4 is 25.3 Å². The molecule has 0 spiro atoms. The molecule has 0 atom stereocenters. The van der Waals surface area contributed by atoms with Crippen LogP contribution >= 0.6 is 11.6 Å². The molecule has 0 unspecified atom stereocenters. The van der Waals surface area contributed by atoms with Gasteiger partial charge in [0.25, 0.3) is 11.8 Å². The predicted octanol–water partition coefficient (Wildman–Crippen LogP) is 3.09. The SMILES string of the molecule is CCOc1ccc(C2(CNC(=O)c3cc(Cl)c(OCC(N)=O)c(OC)c3)CCOCC2)cc1. The van der Waals surface area contributed by atoms with E-state index in [4.69, 9.17) is 36.3 Å². The first-order chi connectivity index (χ1) is 15.9. The summed E-state index contributed by atoms with van der Waals surface area (Å²) in [4.78, 5) is 24.0. The van der Waals surface area contributed by atoms with Gasteiger partial charge in [-0.05, 0) is 49.6 Å². The lowest BCUT2D eigenvalue weighted by Crippen LogP contribution is -2.44. The quantitative estimate of drug-likeness (QED) is 0.545. The zero-order chi connectivity index (χ0) is 23.8. The van der Waals surface area contributed by atoms with E-state index < -0.39 is 5.91 Å². The lowest BCUT2D eigenvalue weighted by molar-refractivity contribution is -0.119. The largest absolute Gasteiger partial charge is 0.494 e. The molecule has 1 aliphatic heterocycles. The molecular weight excluding hydrogens is 448 g/mol. The third-order valence-electron chi connectivity index (χ3n) is 5.67. The van der Waals surface area contributed by atoms with E-state index in [-0.39, 0.29) is 34.5 Å². The van der Waals surface area contributed by atoms with Crippen LogP contribution in [0.1, 0.15) is 35.7 Å². The molecule has 1 fully saturated rings. The first-order valence-corrected chi connectivity index (χ1v) is 11.1. The Balaban J connectivity index is 1.77. The van der Waals surface area contributed by atoms with Crippen molar-refractivity contribution in [2.45, 2.75) is 25.2 Å². The highest BCUT2D eigenvalue weighted by molar-refractivity contribution is 6.32. The predicted molar refractivity (Wildman–Crippen MR) is 124 cm³/mol. The van der Waals surface area contributed by atoms with Crippen LogP contribution in [0.5, 0.6) is 17.2 Å². The summed E-state index contributed by atoms with van der Waals surface area (Å²) in [6.07, 6.45) is 1.57. The van der Waals surface area contributed by atoms with Crippen LogP contribution in [-0.4, -0.2) is 51.9 Å². The van der Waals surface area contributed by atoms with Gasteiger partial charge in [0.05, 0.1) is 18.7 Å². The number of primary amides is 1. The van der Waals surface area contributed by atoms with Crippen molar-refractivity contribution in [3.63, 3.8) is 0 Å². The number of ether oxygens (including phenoxy) is 4. The number of nitrogens with one attached hydrogen (secondary N) is 1. The molecule has 3 rings (SSSR count). The second-order valence-corrected chi connectivity index (χ2v) is 8.18. The number of methoxy groups -OCH3 is 1. The third-order valence-corrected chi connectivity index (χ3v) is 5.95. The van der Waals surface area contributed by atoms with Crippen molar-refractivity contribution in [3.05, 3.63) is 52.5 Å². The molecule has 0 radical (unpaired) electrons. The minimum atomic E-state index is -0.647. The maximum Gasteiger partial charge on any atom is 0.255 e. The molecule has 9 heteroatoms. The van der Waals surface area contributed by atoms with Gasteiger partial charge in [-0.2, -0.15) is 0 Å². The van der Waals surface area contributed by atoms with E-state index in [0.717, 1.165) is 24.2 Å². The normalized spacial score (nSPS) is 14.9. The Morgan fingerprint density at radius 2 is 1.85 bits per heavy atom. The molecule has 0 aliphatic carbocycles. The summed E-state index contributed by atoms with van der Waals surface area (Å²) < 4.78 is 21.8. The Morgan fingerprint density at radius 1 is 1.15 bits per heavy atom. The number of rotatable bonds is 10. The fourth-order valence-electron chi connectivity index (χ4n) is 3.89. The van der Waals surface area contributed by atoms with Crippen LogP contribution in [0.4, 0.5) is 0 Å². The lowest BCUT2D eigenvalue weighted by Gasteiger charge is -2.38. The number of hydrogen-bond acceptors (Lipinski definition) is 6. The van der Waals surface area contributed by atoms with Crippen molar-refractivity contribution in [2.24, 2.45) is 5.73 Å². The summed E-state index contributed by atoms with van der Waals surface area (Å²) in [7, 11) is 1.42. The molecule has 3 N–H and O–H groups in total. The van der Waals surface area contributed by atoms with Crippen LogP contribution in [0, 0.1) is 0 Å². The average molecular weight is 477 g/mol. The molecule has 0 saturated carbocycles. The van der Waals surface area contributed by atoms with Crippen LogP contribution in [0.2, 0.25) is 5.02 Å². The van der Waals surface area contributed by atoms with Crippen LogP contribution in [0.3, 0.4) is 0 Å². The van der Waals surface area contributed by atoms with Gasteiger partial charge in [-0.3, -0.25) is 9.59 Å². The number of halogens is 1. The maximum atomic E-state index is 13.0. The molecule has 33 heavy (non-hydrogen) atoms. The van der Waals surface area contributed by atoms with Crippen molar-refractivity contribution in [3.8, 4) is 17.2 Å². The Morgan fingerprint density at radius 3 is 2.45 bits per heavy atom. The van der Waals surface area contributed by atoms with E-state index in [9.17, 15) is 9.59 Å². The van der Waals surface area contributed by atoms with Gasteiger partial charge in [0.15, 0.2) is 18.1 Å². The summed E-state index contributed by atoms with van der Waals surface area (Å²) in [6, 6.07) is 11.0. The lowest BCUT2D eigenvalue weighted by atomic mass is 9.74. The number of hydrogen-bond donors (Lipinski definition) is 2. The summed E-state index contributed by atoms with van der Waals surface area (Å²) in [6.45, 7) is 3.87. The molecule has 1 aliphatic rings. The Kier molecular flexibility index (Phi) is 8.41. The minimum Gasteiger partial charge on any atom is -0.494 e. The van der Waals surface area contributed by atoms with Crippen LogP contribution in [0.25, 0.3) is 0 Å². The van der Waals surface area contributed by atoms with Crippen molar-refractivity contribution in [1.29, 1.82) is 0 Å². The minimum absolute atomic E-state index is 0.146. The van der Waals surface area contributed by atoms with E-state index >= 15 is 0 Å². The molecule has 1 heterocycles. The fraction of sp³-hybridized carbons (Fsp3) is 0.417. The van der Waals surface area contributed by atoms with Gasteiger partial charge >= 0.3 is 0 Å². The van der Waals surface area contributed by atoms with Gasteiger partial charge in [0.2, 0.25) is 0 Å². The second-order valence-electron chi connectivity index (χ2n) is 7.78. The van der Waals surface area contributed by atoms with E-state index in [1.54, 1.807) is 0 Å². The Bertz CT molecular complexity index is 974. The number of carbonyl (C=O) groups excluding carboxylic acids is 2. The molecule has 2 aromatic carbocycles. The highest BCUT2D eigenvalue weighted by atomic mass is 35.5. The topological polar surface area (TPSA) is 109 Å². The maximum absolute atomic E-state index is 13.0. The summed E-state index contributed by atoms with van der Waals surface area (Å²) in [5.41, 5.74) is 6.32. The number of nitrogens with two attached hydrogens (primary N) is 1. The van der Waals surface area contributed by atoms with Crippen molar-refractivity contribution in [2.75, 3.05) is 40.1 Å². The molecule has 178 valence electrons. The van der Waals surface area contributed by atoms with E-state index in [2.05, 4.69) is 5.32 Å². The highest BCUT2D eigenvalue weighted by Crippen LogP contribution is 2.37. The highest BCUT2D eigenvalue weighted by Gasteiger charge is 2.35. The summed E-state index contributed by atoms with van der Waals surface area (Å²) in [5.74, 6) is 0.262. The molecule has 1 saturated heterocycles. The monoisotopic (exact) mass is 476 g/mol. The van der Waals surface area contributed by atoms with Crippen LogP contribution in [-0.2, 0) is 14.9 Å². The van der Waals surface area contributed by atoms with Gasteiger partial charge in [-0.25, -0.2) is 0 Å². The Hall–Kier alpha value is -2.97. The fourth-order valence-corrected chi connectivity index (χ4v) is 4.15. The molecule has 0 bridgehead atoms. The summed E-state index contributed by atoms with van der Waals surface area (Å²) >= 11 is 6.29. The molecule has 8 nitrogen and oxygen atoms in total. The zero-order valence-corrected chi connectivity index (χ0v) is 19.6. The number of benzene rings is 2. The third kappa shape index (κ3) is 6.09. The van der Waals surface area contributed by atoms with Gasteiger partial charge < -0.3 is 30.0 Å². The number of amides is 2. The van der Waals surface area contributed by atoms with Gasteiger partial charge in [0, 0.05) is 30.7 Å². The van der Waals surface area contributed by atoms with Crippen molar-refractivity contribution >= 4 is 23.4 Å². The molecule has 0 aromatic heterocycles. The Labute approximate surface area is 198 Å². The van der Waals surface area contributed by atoms with Crippen molar-refractivity contribution in [1.82, 2.24) is 5.32 Å². The first kappa shape index (κ1) is 24.7. The second kappa shape index (κ2) is 11.2. The molecule has 2 aromatic rings. The zero-order valence-electron chi connectivity index (χ0n) is 18.8. The average Bonchev–Trinajstić information content (AvgIpc) is 2.82. The molecule has 2 amide bonds. The van der Waals surface area contributed by atoms with Gasteiger partial charge in [0.1, 0.15) is 5.75 Å². The smallest absolute Gasteiger partial charge is 0.255 e. The van der Waals surface area contributed by atoms with Gasteiger partial charge in [-0.1, -0.05) is 23.7 Å². The molecular formula is C24H29ClN2O6. The van der Waals surface area contributed by atoms with E-state index in [0.29, 0.717) is 31.9 Å². The number of carbonyl (C=O) groups is 2. The van der Waals surface area contributed by atoms with Crippen molar-refractivity contribution < 1.29 is 28.5 Å². The van der Waals surface area contributed by atoms with E-state index in [1.807, 2.05) is 31.2 Å². The van der Waals surface area contributed by atoms with Crippen LogP contribution in [0.15, 0.2) is 36.4 Å². The standard InChI is InChI=1S/C24H29ClN2O6/c1-3-32-18-6-4-17(5-7-18)24(8-10-31-11-9-24)15-27-23(29)16-12-19(25)22(20(13-16)30-2)33-14-21(26)28/h4-7,12-13H,3,8-11,14-15H2,1-2H3,(H2,26,28)(H,27,29).